The Labute approximate surface area is 235 Å². The molecule has 0 aromatic carbocycles. The van der Waals surface area contributed by atoms with Gasteiger partial charge in [0.25, 0.3) is 0 Å². The van der Waals surface area contributed by atoms with Gasteiger partial charge in [0.15, 0.2) is 0 Å². The highest BCUT2D eigenvalue weighted by atomic mass is 32.3. The molecule has 14 nitrogen and oxygen atoms in total. The maximum atomic E-state index is 13.4. The van der Waals surface area contributed by atoms with Crippen LogP contribution in [0.5, 0.6) is 0 Å². The summed E-state index contributed by atoms with van der Waals surface area (Å²) >= 11 is 0. The van der Waals surface area contributed by atoms with Crippen molar-refractivity contribution in [3.63, 3.8) is 0 Å². The van der Waals surface area contributed by atoms with E-state index in [0.717, 1.165) is 0 Å². The summed E-state index contributed by atoms with van der Waals surface area (Å²) < 4.78 is 35.8. The summed E-state index contributed by atoms with van der Waals surface area (Å²) in [5.41, 5.74) is 8.43. The van der Waals surface area contributed by atoms with Gasteiger partial charge in [0, 0.05) is 11.0 Å². The van der Waals surface area contributed by atoms with Gasteiger partial charge in [-0.1, -0.05) is 59.5 Å². The fourth-order valence-electron chi connectivity index (χ4n) is 3.88. The van der Waals surface area contributed by atoms with E-state index in [2.05, 4.69) is 31.3 Å². The second kappa shape index (κ2) is 17.7. The lowest BCUT2D eigenvalue weighted by Crippen LogP contribution is -2.61. The molecular weight excluding hydrogens is 549 g/mol. The summed E-state index contributed by atoms with van der Waals surface area (Å²) in [6.45, 7) is 11.2. The molecule has 0 spiro atoms. The van der Waals surface area contributed by atoms with E-state index in [4.69, 9.17) is 5.53 Å². The van der Waals surface area contributed by atoms with Gasteiger partial charge in [-0.25, -0.2) is 0 Å². The zero-order valence-electron chi connectivity index (χ0n) is 24.2. The Kier molecular flexibility index (Phi) is 16.4. The number of aliphatic hydroxyl groups excluding tert-OH is 1. The van der Waals surface area contributed by atoms with Crippen molar-refractivity contribution >= 4 is 33.9 Å². The van der Waals surface area contributed by atoms with Crippen molar-refractivity contribution in [1.82, 2.24) is 21.3 Å². The standard InChI is InChI=1S/C24H44FN7O7S/c1-8-14(5)19(29-18(34)11-27-32-26)22(35)30-20(15(6)9-2)23(36)31-21(16(7)33)24(37)28-17(10-13(3)4)12-40(25,38)39/h13-17,19-21,33H,8-12H2,1-7H3,(H,28,37)(H,29,34)(H,30,35)(H,31,36)/t14-,15-,16+,17-,19-,20-,21-/m0/s1. The van der Waals surface area contributed by atoms with Crippen LogP contribution in [-0.2, 0) is 29.4 Å². The van der Waals surface area contributed by atoms with E-state index in [-0.39, 0.29) is 18.3 Å². The Morgan fingerprint density at radius 3 is 1.70 bits per heavy atom. The first-order valence-electron chi connectivity index (χ1n) is 13.3. The molecule has 4 amide bonds. The molecule has 5 N–H and O–H groups in total. The lowest BCUT2D eigenvalue weighted by molar-refractivity contribution is -0.136. The smallest absolute Gasteiger partial charge is 0.304 e. The molecule has 0 bridgehead atoms. The molecule has 0 aromatic heterocycles. The van der Waals surface area contributed by atoms with Gasteiger partial charge in [0.1, 0.15) is 30.4 Å². The van der Waals surface area contributed by atoms with Crippen molar-refractivity contribution in [1.29, 1.82) is 0 Å². The monoisotopic (exact) mass is 593 g/mol. The number of nitrogens with zero attached hydrogens (tertiary/aromatic N) is 3. The largest absolute Gasteiger partial charge is 0.391 e. The highest BCUT2D eigenvalue weighted by molar-refractivity contribution is 7.86. The second-order valence-electron chi connectivity index (χ2n) is 10.5. The van der Waals surface area contributed by atoms with Gasteiger partial charge in [0.05, 0.1) is 6.10 Å². The molecule has 230 valence electrons. The quantitative estimate of drug-likeness (QED) is 0.0672. The predicted molar refractivity (Wildman–Crippen MR) is 147 cm³/mol. The maximum absolute atomic E-state index is 13.4. The molecule has 7 atom stereocenters. The number of hydrogen-bond acceptors (Lipinski definition) is 8. The molecule has 0 saturated carbocycles. The van der Waals surface area contributed by atoms with Gasteiger partial charge in [-0.05, 0) is 36.6 Å². The third kappa shape index (κ3) is 13.9. The number of halogens is 1. The lowest BCUT2D eigenvalue weighted by Gasteiger charge is -2.31. The Bertz CT molecular complexity index is 1020. The first-order chi connectivity index (χ1) is 18.5. The van der Waals surface area contributed by atoms with Crippen LogP contribution in [0.25, 0.3) is 10.4 Å². The third-order valence-electron chi connectivity index (χ3n) is 6.45. The molecule has 0 radical (unpaired) electrons. The van der Waals surface area contributed by atoms with E-state index in [9.17, 15) is 36.6 Å². The summed E-state index contributed by atoms with van der Waals surface area (Å²) in [4.78, 5) is 54.1. The zero-order valence-corrected chi connectivity index (χ0v) is 25.0. The summed E-state index contributed by atoms with van der Waals surface area (Å²) in [6.07, 6.45) is -0.363. The molecule has 16 heteroatoms. The molecule has 0 unspecified atom stereocenters. The van der Waals surface area contributed by atoms with Crippen molar-refractivity contribution in [2.24, 2.45) is 22.9 Å². The minimum absolute atomic E-state index is 0.0951. The highest BCUT2D eigenvalue weighted by Gasteiger charge is 2.35. The minimum Gasteiger partial charge on any atom is -0.391 e. The maximum Gasteiger partial charge on any atom is 0.304 e. The molecular formula is C24H44FN7O7S. The van der Waals surface area contributed by atoms with Crippen molar-refractivity contribution in [3.8, 4) is 0 Å². The third-order valence-corrected chi connectivity index (χ3v) is 7.25. The summed E-state index contributed by atoms with van der Waals surface area (Å²) in [5.74, 6) is -4.93. The van der Waals surface area contributed by atoms with E-state index in [1.165, 1.54) is 6.92 Å². The van der Waals surface area contributed by atoms with E-state index in [1.54, 1.807) is 41.5 Å². The van der Waals surface area contributed by atoms with Crippen LogP contribution < -0.4 is 21.3 Å². The molecule has 0 aromatic rings. The average Bonchev–Trinajstić information content (AvgIpc) is 2.84. The first-order valence-corrected chi connectivity index (χ1v) is 14.8. The van der Waals surface area contributed by atoms with Crippen LogP contribution in [0.4, 0.5) is 3.89 Å². The molecule has 0 fully saturated rings. The Balaban J connectivity index is 5.89. The minimum atomic E-state index is -4.92. The van der Waals surface area contributed by atoms with E-state index in [0.29, 0.717) is 12.8 Å². The van der Waals surface area contributed by atoms with E-state index in [1.807, 2.05) is 0 Å². The van der Waals surface area contributed by atoms with Gasteiger partial charge >= 0.3 is 10.2 Å². The van der Waals surface area contributed by atoms with Gasteiger partial charge in [-0.2, -0.15) is 8.42 Å². The summed E-state index contributed by atoms with van der Waals surface area (Å²) in [7, 11) is -4.92. The Morgan fingerprint density at radius 2 is 1.30 bits per heavy atom. The van der Waals surface area contributed by atoms with Crippen LogP contribution >= 0.6 is 0 Å². The van der Waals surface area contributed by atoms with Crippen LogP contribution in [0.2, 0.25) is 0 Å². The lowest BCUT2D eigenvalue weighted by atomic mass is 9.94. The van der Waals surface area contributed by atoms with Crippen LogP contribution in [0.1, 0.15) is 67.7 Å². The molecule has 0 rings (SSSR count). The molecule has 0 aliphatic rings. The molecule has 40 heavy (non-hydrogen) atoms. The fraction of sp³-hybridized carbons (Fsp3) is 0.833. The van der Waals surface area contributed by atoms with E-state index >= 15 is 0 Å². The summed E-state index contributed by atoms with van der Waals surface area (Å²) in [6, 6.07) is -4.87. The van der Waals surface area contributed by atoms with Crippen molar-refractivity contribution in [2.45, 2.75) is 98.0 Å². The summed E-state index contributed by atoms with van der Waals surface area (Å²) in [5, 5.41) is 23.3. The highest BCUT2D eigenvalue weighted by Crippen LogP contribution is 2.14. The van der Waals surface area contributed by atoms with Crippen LogP contribution in [-0.4, -0.2) is 79.7 Å². The average molecular weight is 594 g/mol. The number of aliphatic hydroxyl groups is 1. The van der Waals surface area contributed by atoms with Crippen LogP contribution in [0.15, 0.2) is 5.11 Å². The molecule has 0 aliphatic heterocycles. The normalized spacial score (nSPS) is 16.8. The van der Waals surface area contributed by atoms with Crippen molar-refractivity contribution < 1.29 is 36.6 Å². The van der Waals surface area contributed by atoms with Crippen LogP contribution in [0.3, 0.4) is 0 Å². The topological polar surface area (TPSA) is 220 Å². The van der Waals surface area contributed by atoms with Crippen LogP contribution in [0, 0.1) is 17.8 Å². The Hall–Kier alpha value is -2.97. The van der Waals surface area contributed by atoms with Gasteiger partial charge in [-0.15, -0.1) is 3.89 Å². The number of carbonyl (C=O) groups is 4. The van der Waals surface area contributed by atoms with Gasteiger partial charge < -0.3 is 26.4 Å². The number of hydrogen-bond donors (Lipinski definition) is 5. The SMILES string of the molecule is CC[C@H](C)[C@H](NC(=O)CN=[N+]=[N-])C(=O)N[C@H](C(=O)N[C@H](C(=O)N[C@@H](CC(C)C)CS(=O)(=O)F)[C@@H](C)O)[C@@H](C)CC. The zero-order chi connectivity index (χ0) is 31.2. The number of rotatable bonds is 18. The number of azide groups is 1. The van der Waals surface area contributed by atoms with Gasteiger partial charge in [-0.3, -0.25) is 19.2 Å². The van der Waals surface area contributed by atoms with E-state index < -0.39 is 82.3 Å². The molecule has 0 aliphatic carbocycles. The predicted octanol–water partition coefficient (Wildman–Crippen LogP) is 1.05. The number of carbonyl (C=O) groups excluding carboxylic acids is 4. The first kappa shape index (κ1) is 37.0. The Morgan fingerprint density at radius 1 is 0.850 bits per heavy atom. The molecule has 0 saturated heterocycles. The fourth-order valence-corrected chi connectivity index (χ4v) is 4.58. The number of nitrogens with one attached hydrogen (secondary N) is 4. The molecule has 0 heterocycles. The van der Waals surface area contributed by atoms with Crippen molar-refractivity contribution in [3.05, 3.63) is 10.4 Å². The number of amides is 4. The second-order valence-corrected chi connectivity index (χ2v) is 11.9. The van der Waals surface area contributed by atoms with Crippen molar-refractivity contribution in [2.75, 3.05) is 12.3 Å². The van der Waals surface area contributed by atoms with Gasteiger partial charge in [0.2, 0.25) is 23.6 Å².